The van der Waals surface area contributed by atoms with Gasteiger partial charge in [-0.15, -0.1) is 0 Å². The lowest BCUT2D eigenvalue weighted by atomic mass is 9.78. The number of hydrogen-bond acceptors (Lipinski definition) is 4. The fourth-order valence-electron chi connectivity index (χ4n) is 4.41. The predicted octanol–water partition coefficient (Wildman–Crippen LogP) is 5.38. The van der Waals surface area contributed by atoms with Gasteiger partial charge in [-0.25, -0.2) is 13.7 Å². The molecule has 1 heterocycles. The van der Waals surface area contributed by atoms with Crippen molar-refractivity contribution in [1.29, 1.82) is 0 Å². The maximum Gasteiger partial charge on any atom is 0.234 e. The van der Waals surface area contributed by atoms with Gasteiger partial charge in [0.15, 0.2) is 11.6 Å². The highest BCUT2D eigenvalue weighted by Crippen LogP contribution is 2.37. The number of piperidine rings is 1. The minimum Gasteiger partial charge on any atom is -0.384 e. The number of methoxy groups -OCH3 is 1. The molecule has 0 aliphatic carbocycles. The van der Waals surface area contributed by atoms with E-state index in [1.807, 2.05) is 48.6 Å². The fourth-order valence-corrected chi connectivity index (χ4v) is 4.41. The third-order valence-electron chi connectivity index (χ3n) is 6.10. The summed E-state index contributed by atoms with van der Waals surface area (Å²) in [5.74, 6) is 2.03. The molecule has 1 fully saturated rings. The summed E-state index contributed by atoms with van der Waals surface area (Å²) in [4.78, 5) is 26.8. The summed E-state index contributed by atoms with van der Waals surface area (Å²) >= 11 is 0. The van der Waals surface area contributed by atoms with Crippen molar-refractivity contribution < 1.29 is 27.8 Å². The third kappa shape index (κ3) is 6.60. The Morgan fingerprint density at radius 1 is 0.868 bits per heavy atom. The molecule has 5 nitrogen and oxygen atoms in total. The van der Waals surface area contributed by atoms with Crippen molar-refractivity contribution in [2.75, 3.05) is 31.8 Å². The number of carbonyl (C=O) groups is 2. The van der Waals surface area contributed by atoms with Crippen LogP contribution in [0.3, 0.4) is 0 Å². The Balaban J connectivity index is 1.46. The molecule has 4 rings (SSSR count). The highest BCUT2D eigenvalue weighted by Gasteiger charge is 2.46. The Bertz CT molecular complexity index is 1340. The molecule has 7 heteroatoms. The maximum absolute atomic E-state index is 15.0. The molecule has 0 saturated carbocycles. The molecule has 0 spiro atoms. The molecule has 0 N–H and O–H groups in total. The van der Waals surface area contributed by atoms with Gasteiger partial charge in [-0.3, -0.25) is 9.59 Å². The van der Waals surface area contributed by atoms with Gasteiger partial charge in [0.05, 0.1) is 19.8 Å². The summed E-state index contributed by atoms with van der Waals surface area (Å²) in [6.45, 7) is 0.422. The number of carbonyl (C=O) groups excluding carboxylic acids is 2. The number of nitrogens with zero attached hydrogens (tertiary/aromatic N) is 1. The van der Waals surface area contributed by atoms with Crippen LogP contribution in [-0.4, -0.2) is 38.7 Å². The van der Waals surface area contributed by atoms with Crippen LogP contribution in [0.2, 0.25) is 0 Å². The molecule has 0 aromatic heterocycles. The molecule has 0 bridgehead atoms. The lowest BCUT2D eigenvalue weighted by Gasteiger charge is -2.39. The molecule has 1 aliphatic rings. The van der Waals surface area contributed by atoms with Gasteiger partial charge in [-0.05, 0) is 29.8 Å². The van der Waals surface area contributed by atoms with Crippen LogP contribution in [0.25, 0.3) is 6.08 Å². The van der Waals surface area contributed by atoms with Gasteiger partial charge in [0.25, 0.3) is 0 Å². The van der Waals surface area contributed by atoms with E-state index in [0.717, 1.165) is 17.7 Å². The zero-order valence-electron chi connectivity index (χ0n) is 21.0. The van der Waals surface area contributed by atoms with Gasteiger partial charge in [0.2, 0.25) is 11.8 Å². The Morgan fingerprint density at radius 3 is 2.05 bits per heavy atom. The average molecular weight is 516 g/mol. The molecule has 38 heavy (non-hydrogen) atoms. The highest BCUT2D eigenvalue weighted by atomic mass is 19.1. The van der Waals surface area contributed by atoms with E-state index in [0.29, 0.717) is 10.5 Å². The second-order valence-electron chi connectivity index (χ2n) is 9.14. The fraction of sp³-hybridized carbons (Fsp3) is 0.226. The number of anilines is 1. The van der Waals surface area contributed by atoms with Gasteiger partial charge < -0.3 is 9.47 Å². The highest BCUT2D eigenvalue weighted by molar-refractivity contribution is 6.17. The second kappa shape index (κ2) is 12.4. The molecule has 3 aromatic rings. The first-order valence-electron chi connectivity index (χ1n) is 12.1. The van der Waals surface area contributed by atoms with Crippen molar-refractivity contribution in [3.8, 4) is 11.8 Å². The summed E-state index contributed by atoms with van der Waals surface area (Å²) in [6.07, 6.45) is 3.41. The van der Waals surface area contributed by atoms with E-state index in [4.69, 9.17) is 9.47 Å². The van der Waals surface area contributed by atoms with Crippen LogP contribution < -0.4 is 4.90 Å². The van der Waals surface area contributed by atoms with E-state index < -0.39 is 34.6 Å². The van der Waals surface area contributed by atoms with Gasteiger partial charge in [-0.1, -0.05) is 72.5 Å². The SMILES string of the molecule is COCC1(COC/C=C/c2ccccc2)CC(=O)N(c2c(F)cc(C#Cc3ccccc3)cc2F)C(=O)C1. The quantitative estimate of drug-likeness (QED) is 0.230. The summed E-state index contributed by atoms with van der Waals surface area (Å²) < 4.78 is 41.1. The predicted molar refractivity (Wildman–Crippen MR) is 141 cm³/mol. The Kier molecular flexibility index (Phi) is 8.80. The second-order valence-corrected chi connectivity index (χ2v) is 9.14. The van der Waals surface area contributed by atoms with Crippen LogP contribution in [-0.2, 0) is 19.1 Å². The number of hydrogen-bond donors (Lipinski definition) is 0. The number of ether oxygens (including phenoxy) is 2. The summed E-state index contributed by atoms with van der Waals surface area (Å²) in [5, 5.41) is 0. The molecular weight excluding hydrogens is 488 g/mol. The lowest BCUT2D eigenvalue weighted by molar-refractivity contribution is -0.138. The van der Waals surface area contributed by atoms with Gasteiger partial charge in [-0.2, -0.15) is 0 Å². The molecule has 0 atom stereocenters. The van der Waals surface area contributed by atoms with Crippen molar-refractivity contribution in [3.63, 3.8) is 0 Å². The largest absolute Gasteiger partial charge is 0.384 e. The Labute approximate surface area is 220 Å². The van der Waals surface area contributed by atoms with E-state index in [9.17, 15) is 9.59 Å². The van der Waals surface area contributed by atoms with Crippen molar-refractivity contribution in [2.24, 2.45) is 5.41 Å². The van der Waals surface area contributed by atoms with E-state index in [2.05, 4.69) is 11.8 Å². The first-order chi connectivity index (χ1) is 18.4. The van der Waals surface area contributed by atoms with Gasteiger partial charge >= 0.3 is 0 Å². The molecule has 194 valence electrons. The Morgan fingerprint density at radius 2 is 1.45 bits per heavy atom. The summed E-state index contributed by atoms with van der Waals surface area (Å²) in [6, 6.07) is 20.7. The monoisotopic (exact) mass is 515 g/mol. The summed E-state index contributed by atoms with van der Waals surface area (Å²) in [5.41, 5.74) is 0.167. The zero-order chi connectivity index (χ0) is 27.0. The topological polar surface area (TPSA) is 55.8 Å². The number of imide groups is 1. The van der Waals surface area contributed by atoms with Gasteiger partial charge in [0, 0.05) is 36.5 Å². The molecule has 0 radical (unpaired) electrons. The average Bonchev–Trinajstić information content (AvgIpc) is 2.90. The van der Waals surface area contributed by atoms with E-state index in [1.165, 1.54) is 7.11 Å². The normalized spacial score (nSPS) is 15.0. The molecule has 1 saturated heterocycles. The Hall–Kier alpha value is -4.12. The molecule has 1 aliphatic heterocycles. The van der Waals surface area contributed by atoms with Crippen LogP contribution in [0.4, 0.5) is 14.5 Å². The van der Waals surface area contributed by atoms with E-state index in [-0.39, 0.29) is 38.2 Å². The van der Waals surface area contributed by atoms with Crippen LogP contribution in [0, 0.1) is 28.9 Å². The third-order valence-corrected chi connectivity index (χ3v) is 6.10. The number of rotatable bonds is 8. The van der Waals surface area contributed by atoms with Crippen molar-refractivity contribution in [2.45, 2.75) is 12.8 Å². The van der Waals surface area contributed by atoms with Crippen molar-refractivity contribution in [1.82, 2.24) is 0 Å². The van der Waals surface area contributed by atoms with E-state index in [1.54, 1.807) is 24.3 Å². The number of amides is 2. The van der Waals surface area contributed by atoms with Crippen LogP contribution in [0.15, 0.2) is 78.9 Å². The van der Waals surface area contributed by atoms with Crippen molar-refractivity contribution in [3.05, 3.63) is 107 Å². The minimum atomic E-state index is -1.04. The first-order valence-corrected chi connectivity index (χ1v) is 12.1. The zero-order valence-corrected chi connectivity index (χ0v) is 21.0. The number of halogens is 2. The summed E-state index contributed by atoms with van der Waals surface area (Å²) in [7, 11) is 1.47. The maximum atomic E-state index is 15.0. The number of benzene rings is 3. The lowest BCUT2D eigenvalue weighted by Crippen LogP contribution is -2.52. The minimum absolute atomic E-state index is 0.0737. The molecular formula is C31H27F2NO4. The first kappa shape index (κ1) is 26.9. The van der Waals surface area contributed by atoms with E-state index >= 15 is 8.78 Å². The van der Waals surface area contributed by atoms with Gasteiger partial charge in [0.1, 0.15) is 5.69 Å². The van der Waals surface area contributed by atoms with Crippen LogP contribution >= 0.6 is 0 Å². The van der Waals surface area contributed by atoms with Crippen molar-refractivity contribution >= 4 is 23.6 Å². The standard InChI is InChI=1S/C31H27F2NO4/c1-37-21-31(22-38-16-8-13-23-9-4-2-5-10-23)19-28(35)34(29(36)20-31)30-26(32)17-25(18-27(30)33)15-14-24-11-6-3-7-12-24/h2-13,17-18H,16,19-22H2,1H3/b13-8+. The smallest absolute Gasteiger partial charge is 0.234 e. The molecule has 2 amide bonds. The molecule has 3 aromatic carbocycles. The molecule has 0 unspecified atom stereocenters. The van der Waals surface area contributed by atoms with Crippen LogP contribution in [0.1, 0.15) is 29.5 Å². The van der Waals surface area contributed by atoms with Crippen LogP contribution in [0.5, 0.6) is 0 Å².